The second-order valence-electron chi connectivity index (χ2n) is 6.00. The van der Waals surface area contributed by atoms with Gasteiger partial charge < -0.3 is 10.4 Å². The Morgan fingerprint density at radius 1 is 1.33 bits per heavy atom. The third kappa shape index (κ3) is 4.01. The Morgan fingerprint density at radius 3 is 2.78 bits per heavy atom. The average molecular weight is 387 g/mol. The maximum Gasteiger partial charge on any atom is 0.276 e. The van der Waals surface area contributed by atoms with E-state index in [1.54, 1.807) is 28.8 Å². The van der Waals surface area contributed by atoms with Crippen molar-refractivity contribution in [3.63, 3.8) is 0 Å². The van der Waals surface area contributed by atoms with Crippen LogP contribution in [0.1, 0.15) is 23.2 Å². The van der Waals surface area contributed by atoms with Crippen molar-refractivity contribution in [1.82, 2.24) is 14.7 Å². The number of rotatable bonds is 5. The quantitative estimate of drug-likeness (QED) is 0.448. The highest BCUT2D eigenvalue weighted by molar-refractivity contribution is 6.30. The van der Waals surface area contributed by atoms with Crippen LogP contribution in [-0.4, -0.2) is 21.4 Å². The number of hydrogen-bond donors (Lipinski definition) is 2. The topological polar surface area (TPSA) is 107 Å². The van der Waals surface area contributed by atoms with E-state index in [1.165, 1.54) is 12.4 Å². The van der Waals surface area contributed by atoms with E-state index in [0.29, 0.717) is 23.4 Å². The molecule has 9 heteroatoms. The van der Waals surface area contributed by atoms with Crippen molar-refractivity contribution in [3.8, 4) is 0 Å². The van der Waals surface area contributed by atoms with Crippen molar-refractivity contribution in [1.29, 1.82) is 0 Å². The van der Waals surface area contributed by atoms with Crippen LogP contribution >= 0.6 is 11.6 Å². The van der Waals surface area contributed by atoms with Gasteiger partial charge in [0.05, 0.1) is 6.21 Å². The molecule has 3 rings (SSSR count). The number of carbonyl (C=O) groups excluding carboxylic acids is 1. The van der Waals surface area contributed by atoms with Crippen molar-refractivity contribution in [2.45, 2.75) is 25.8 Å². The molecule has 1 amide bonds. The predicted octanol–water partition coefficient (Wildman–Crippen LogP) is 0.700. The Kier molecular flexibility index (Phi) is 5.56. The molecule has 0 atom stereocenters. The summed E-state index contributed by atoms with van der Waals surface area (Å²) in [4.78, 5) is 28.8. The van der Waals surface area contributed by atoms with Crippen LogP contribution in [0.5, 0.6) is 0 Å². The summed E-state index contributed by atoms with van der Waals surface area (Å²) in [5.74, 6) is 5.51. The number of fused-ring (bicyclic) bond motifs is 1. The van der Waals surface area contributed by atoms with E-state index in [9.17, 15) is 9.59 Å². The predicted molar refractivity (Wildman–Crippen MR) is 104 cm³/mol. The highest BCUT2D eigenvalue weighted by Crippen LogP contribution is 2.16. The summed E-state index contributed by atoms with van der Waals surface area (Å²) in [6.07, 6.45) is 4.95. The van der Waals surface area contributed by atoms with Crippen molar-refractivity contribution < 1.29 is 4.79 Å². The zero-order valence-electron chi connectivity index (χ0n) is 14.6. The van der Waals surface area contributed by atoms with Gasteiger partial charge in [0.15, 0.2) is 0 Å². The van der Waals surface area contributed by atoms with E-state index >= 15 is 0 Å². The van der Waals surface area contributed by atoms with Crippen LogP contribution in [0.25, 0.3) is 0 Å². The number of amides is 1. The van der Waals surface area contributed by atoms with Gasteiger partial charge in [-0.1, -0.05) is 30.3 Å². The SMILES string of the molecule is C=CN=c1n(CC(=O)N/N=C/c2ccc(Cl)cc2)c2c(c(=O)n1N)CCC2. The zero-order chi connectivity index (χ0) is 19.4. The molecule has 3 N–H and O–H groups in total. The number of hydrazone groups is 1. The highest BCUT2D eigenvalue weighted by Gasteiger charge is 2.22. The summed E-state index contributed by atoms with van der Waals surface area (Å²) < 4.78 is 2.59. The fourth-order valence-corrected chi connectivity index (χ4v) is 3.16. The number of hydrogen-bond acceptors (Lipinski definition) is 5. The Hall–Kier alpha value is -3.13. The third-order valence-corrected chi connectivity index (χ3v) is 4.48. The lowest BCUT2D eigenvalue weighted by Gasteiger charge is -2.14. The lowest BCUT2D eigenvalue weighted by Crippen LogP contribution is -2.48. The lowest BCUT2D eigenvalue weighted by molar-refractivity contribution is -0.121. The summed E-state index contributed by atoms with van der Waals surface area (Å²) in [7, 11) is 0. The smallest absolute Gasteiger partial charge is 0.276 e. The molecule has 0 radical (unpaired) electrons. The van der Waals surface area contributed by atoms with Crippen LogP contribution in [0.15, 0.2) is 51.9 Å². The zero-order valence-corrected chi connectivity index (χ0v) is 15.3. The molecule has 0 unspecified atom stereocenters. The number of halogens is 1. The Labute approximate surface area is 160 Å². The summed E-state index contributed by atoms with van der Waals surface area (Å²) >= 11 is 5.83. The van der Waals surface area contributed by atoms with Gasteiger partial charge in [0, 0.05) is 22.5 Å². The largest absolute Gasteiger partial charge is 0.333 e. The van der Waals surface area contributed by atoms with E-state index in [2.05, 4.69) is 22.1 Å². The number of carbonyl (C=O) groups is 1. The third-order valence-electron chi connectivity index (χ3n) is 4.23. The van der Waals surface area contributed by atoms with Gasteiger partial charge in [-0.25, -0.2) is 10.4 Å². The maximum atomic E-state index is 12.3. The fourth-order valence-electron chi connectivity index (χ4n) is 3.03. The van der Waals surface area contributed by atoms with E-state index in [-0.39, 0.29) is 23.6 Å². The van der Waals surface area contributed by atoms with Gasteiger partial charge in [0.25, 0.3) is 11.5 Å². The summed E-state index contributed by atoms with van der Waals surface area (Å²) in [6.45, 7) is 3.48. The number of nitrogens with two attached hydrogens (primary N) is 1. The molecule has 0 spiro atoms. The molecule has 1 aromatic heterocycles. The van der Waals surface area contributed by atoms with Crippen LogP contribution in [0, 0.1) is 0 Å². The second kappa shape index (κ2) is 8.05. The second-order valence-corrected chi connectivity index (χ2v) is 6.43. The Balaban J connectivity index is 1.84. The van der Waals surface area contributed by atoms with Crippen molar-refractivity contribution in [2.24, 2.45) is 10.1 Å². The van der Waals surface area contributed by atoms with Crippen LogP contribution in [-0.2, 0) is 24.2 Å². The minimum Gasteiger partial charge on any atom is -0.333 e. The monoisotopic (exact) mass is 386 g/mol. The molecular weight excluding hydrogens is 368 g/mol. The van der Waals surface area contributed by atoms with Gasteiger partial charge in [0.1, 0.15) is 6.54 Å². The van der Waals surface area contributed by atoms with Crippen LogP contribution in [0.3, 0.4) is 0 Å². The molecule has 27 heavy (non-hydrogen) atoms. The molecular formula is C18H19ClN6O2. The van der Waals surface area contributed by atoms with E-state index < -0.39 is 0 Å². The van der Waals surface area contributed by atoms with E-state index in [0.717, 1.165) is 22.4 Å². The standard InChI is InChI=1S/C18H19ClN6O2/c1-2-21-18-24(15-5-3-4-14(15)17(27)25(18)20)11-16(26)23-22-10-12-6-8-13(19)9-7-12/h2,6-10H,1,3-5,11,20H2,(H,23,26)/b21-18?,22-10+. The number of nitrogens with one attached hydrogen (secondary N) is 1. The van der Waals surface area contributed by atoms with E-state index in [4.69, 9.17) is 17.4 Å². The molecule has 1 aliphatic rings. The first-order valence-electron chi connectivity index (χ1n) is 8.36. The van der Waals surface area contributed by atoms with Crippen molar-refractivity contribution in [3.05, 3.63) is 74.9 Å². The Bertz CT molecular complexity index is 1030. The summed E-state index contributed by atoms with van der Waals surface area (Å²) in [5, 5.41) is 4.57. The number of aromatic nitrogens is 2. The number of nitrogen functional groups attached to an aromatic ring is 1. The first kappa shape index (κ1) is 18.7. The molecule has 0 saturated heterocycles. The van der Waals surface area contributed by atoms with Crippen LogP contribution in [0.2, 0.25) is 5.02 Å². The summed E-state index contributed by atoms with van der Waals surface area (Å²) in [5.41, 5.74) is 4.55. The van der Waals surface area contributed by atoms with Gasteiger partial charge in [0.2, 0.25) is 5.62 Å². The van der Waals surface area contributed by atoms with Gasteiger partial charge in [-0.3, -0.25) is 9.59 Å². The number of nitrogens with zero attached hydrogens (tertiary/aromatic N) is 4. The van der Waals surface area contributed by atoms with Crippen molar-refractivity contribution >= 4 is 23.7 Å². The molecule has 0 bridgehead atoms. The number of benzene rings is 1. The molecule has 8 nitrogen and oxygen atoms in total. The molecule has 0 saturated carbocycles. The maximum absolute atomic E-state index is 12.3. The molecule has 0 fully saturated rings. The summed E-state index contributed by atoms with van der Waals surface area (Å²) in [6, 6.07) is 7.03. The Morgan fingerprint density at radius 2 is 2.07 bits per heavy atom. The molecule has 2 aromatic rings. The van der Waals surface area contributed by atoms with Crippen LogP contribution in [0.4, 0.5) is 0 Å². The lowest BCUT2D eigenvalue weighted by atomic mass is 10.2. The van der Waals surface area contributed by atoms with Gasteiger partial charge in [-0.2, -0.15) is 9.78 Å². The van der Waals surface area contributed by atoms with Gasteiger partial charge in [-0.05, 0) is 37.0 Å². The van der Waals surface area contributed by atoms with Crippen molar-refractivity contribution in [2.75, 3.05) is 5.84 Å². The molecule has 1 aliphatic carbocycles. The highest BCUT2D eigenvalue weighted by atomic mass is 35.5. The van der Waals surface area contributed by atoms with Gasteiger partial charge in [-0.15, -0.1) is 0 Å². The first-order chi connectivity index (χ1) is 13.0. The molecule has 0 aliphatic heterocycles. The normalized spacial score (nSPS) is 13.7. The van der Waals surface area contributed by atoms with E-state index in [1.807, 2.05) is 0 Å². The first-order valence-corrected chi connectivity index (χ1v) is 8.74. The molecule has 140 valence electrons. The molecule has 1 heterocycles. The fraction of sp³-hybridized carbons (Fsp3) is 0.222. The minimum atomic E-state index is -0.363. The van der Waals surface area contributed by atoms with Crippen LogP contribution < -0.4 is 22.4 Å². The molecule has 1 aromatic carbocycles. The average Bonchev–Trinajstić information content (AvgIpc) is 3.14. The minimum absolute atomic E-state index is 0.0650. The van der Waals surface area contributed by atoms with Gasteiger partial charge >= 0.3 is 0 Å².